The van der Waals surface area contributed by atoms with Gasteiger partial charge in [-0.2, -0.15) is 4.98 Å². The minimum absolute atomic E-state index is 0. The molecule has 30 heavy (non-hydrogen) atoms. The first kappa shape index (κ1) is 19.8. The van der Waals surface area contributed by atoms with Crippen LogP contribution in [0.1, 0.15) is 28.2 Å². The highest BCUT2D eigenvalue weighted by atomic mass is 19.1. The van der Waals surface area contributed by atoms with Gasteiger partial charge in [0.2, 0.25) is 11.9 Å². The second-order valence-corrected chi connectivity index (χ2v) is 7.41. The van der Waals surface area contributed by atoms with Crippen LogP contribution in [-0.4, -0.2) is 32.8 Å². The van der Waals surface area contributed by atoms with Gasteiger partial charge in [0.05, 0.1) is 5.69 Å². The third kappa shape index (κ3) is 4.73. The number of hydrogen-bond acceptors (Lipinski definition) is 5. The molecule has 3 aromatic rings. The van der Waals surface area contributed by atoms with E-state index in [-0.39, 0.29) is 32.5 Å². The standard InChI is InChI=1S/C21H21F2N5O2.2H2/c1-12-3-16(8-19(4-12)30-20-9-17(10-20)25-13(2)29)26-21-24-11-28(27-21)18-6-14(22)5-15(23)7-18;;/h3-8,11,17,20H,9-10H2,1-2H3,(H,25,29)(H,26,27);2*1H. The van der Waals surface area contributed by atoms with Gasteiger partial charge in [-0.1, -0.05) is 0 Å². The van der Waals surface area contributed by atoms with Gasteiger partial charge in [0, 0.05) is 46.5 Å². The van der Waals surface area contributed by atoms with Gasteiger partial charge >= 0.3 is 0 Å². The van der Waals surface area contributed by atoms with Crippen molar-refractivity contribution >= 4 is 17.5 Å². The van der Waals surface area contributed by atoms with Crippen molar-refractivity contribution in [3.63, 3.8) is 0 Å². The predicted molar refractivity (Wildman–Crippen MR) is 111 cm³/mol. The zero-order valence-electron chi connectivity index (χ0n) is 16.5. The SMILES string of the molecule is CC(=O)NC1CC(Oc2cc(C)cc(Nc3ncn(-c4cc(F)cc(F)c4)n3)c2)C1.[HH].[HH]. The van der Waals surface area contributed by atoms with Crippen molar-refractivity contribution in [3.05, 3.63) is 59.9 Å². The summed E-state index contributed by atoms with van der Waals surface area (Å²) in [4.78, 5) is 15.2. The molecule has 2 aromatic carbocycles. The molecule has 0 atom stereocenters. The predicted octanol–water partition coefficient (Wildman–Crippen LogP) is 4.14. The molecular formula is C21H25F2N5O2. The van der Waals surface area contributed by atoms with Crippen LogP contribution in [0.4, 0.5) is 20.4 Å². The molecule has 0 unspecified atom stereocenters. The molecule has 4 rings (SSSR count). The van der Waals surface area contributed by atoms with Crippen LogP contribution in [0.5, 0.6) is 5.75 Å². The van der Waals surface area contributed by atoms with E-state index in [4.69, 9.17) is 4.74 Å². The summed E-state index contributed by atoms with van der Waals surface area (Å²) < 4.78 is 34.1. The van der Waals surface area contributed by atoms with Crippen LogP contribution in [0.25, 0.3) is 5.69 Å². The van der Waals surface area contributed by atoms with Crippen LogP contribution in [0, 0.1) is 18.6 Å². The van der Waals surface area contributed by atoms with E-state index in [1.807, 2.05) is 25.1 Å². The lowest BCUT2D eigenvalue weighted by molar-refractivity contribution is -0.120. The zero-order valence-corrected chi connectivity index (χ0v) is 16.5. The molecule has 1 saturated carbocycles. The third-order valence-electron chi connectivity index (χ3n) is 4.72. The lowest BCUT2D eigenvalue weighted by Gasteiger charge is -2.35. The number of anilines is 2. The van der Waals surface area contributed by atoms with Crippen molar-refractivity contribution in [3.8, 4) is 11.4 Å². The highest BCUT2D eigenvalue weighted by molar-refractivity contribution is 5.73. The average molecular weight is 417 g/mol. The average Bonchev–Trinajstić information content (AvgIpc) is 3.06. The molecule has 0 spiro atoms. The Balaban J connectivity index is 0.00000181. The highest BCUT2D eigenvalue weighted by Gasteiger charge is 2.31. The second-order valence-electron chi connectivity index (χ2n) is 7.41. The Morgan fingerprint density at radius 1 is 1.17 bits per heavy atom. The summed E-state index contributed by atoms with van der Waals surface area (Å²) in [5, 5.41) is 10.2. The molecule has 0 aliphatic heterocycles. The number of aryl methyl sites for hydroxylation is 1. The molecule has 1 heterocycles. The lowest BCUT2D eigenvalue weighted by atomic mass is 9.89. The lowest BCUT2D eigenvalue weighted by Crippen LogP contribution is -2.48. The first-order chi connectivity index (χ1) is 14.3. The summed E-state index contributed by atoms with van der Waals surface area (Å²) in [7, 11) is 0. The van der Waals surface area contributed by atoms with Gasteiger partial charge in [0.25, 0.3) is 0 Å². The van der Waals surface area contributed by atoms with Gasteiger partial charge in [0.15, 0.2) is 0 Å². The van der Waals surface area contributed by atoms with Crippen molar-refractivity contribution in [1.29, 1.82) is 0 Å². The Kier molecular flexibility index (Phi) is 5.35. The first-order valence-electron chi connectivity index (χ1n) is 9.54. The number of benzene rings is 2. The molecular weight excluding hydrogens is 392 g/mol. The summed E-state index contributed by atoms with van der Waals surface area (Å²) in [6.45, 7) is 3.45. The molecule has 1 fully saturated rings. The van der Waals surface area contributed by atoms with Gasteiger partial charge in [-0.3, -0.25) is 4.79 Å². The molecule has 1 amide bonds. The number of carbonyl (C=O) groups excluding carboxylic acids is 1. The molecule has 1 aliphatic rings. The van der Waals surface area contributed by atoms with Crippen molar-refractivity contribution in [2.45, 2.75) is 38.8 Å². The number of nitrogens with zero attached hydrogens (tertiary/aromatic N) is 3. The number of halogens is 2. The monoisotopic (exact) mass is 417 g/mol. The minimum Gasteiger partial charge on any atom is -0.490 e. The fraction of sp³-hybridized carbons (Fsp3) is 0.286. The Morgan fingerprint density at radius 2 is 1.90 bits per heavy atom. The number of amides is 1. The molecule has 7 nitrogen and oxygen atoms in total. The van der Waals surface area contributed by atoms with E-state index in [1.54, 1.807) is 0 Å². The number of rotatable bonds is 6. The normalized spacial score (nSPS) is 17.9. The zero-order chi connectivity index (χ0) is 21.3. The molecule has 9 heteroatoms. The molecule has 0 saturated heterocycles. The van der Waals surface area contributed by atoms with Crippen LogP contribution >= 0.6 is 0 Å². The number of hydrogen-bond donors (Lipinski definition) is 2. The quantitative estimate of drug-likeness (QED) is 0.630. The van der Waals surface area contributed by atoms with E-state index in [0.29, 0.717) is 5.75 Å². The fourth-order valence-corrected chi connectivity index (χ4v) is 3.39. The van der Waals surface area contributed by atoms with Crippen LogP contribution in [0.3, 0.4) is 0 Å². The summed E-state index contributed by atoms with van der Waals surface area (Å²) in [5.74, 6) is -0.422. The van der Waals surface area contributed by atoms with Crippen LogP contribution in [-0.2, 0) is 4.79 Å². The van der Waals surface area contributed by atoms with Crippen molar-refractivity contribution in [1.82, 2.24) is 20.1 Å². The van der Waals surface area contributed by atoms with Gasteiger partial charge < -0.3 is 15.4 Å². The van der Waals surface area contributed by atoms with Crippen LogP contribution in [0.2, 0.25) is 0 Å². The fourth-order valence-electron chi connectivity index (χ4n) is 3.39. The Bertz CT molecular complexity index is 1070. The number of aromatic nitrogens is 3. The van der Waals surface area contributed by atoms with E-state index < -0.39 is 11.6 Å². The maximum atomic E-state index is 13.4. The Hall–Kier alpha value is -3.49. The topological polar surface area (TPSA) is 81.1 Å². The molecule has 0 bridgehead atoms. The van der Waals surface area contributed by atoms with E-state index >= 15 is 0 Å². The van der Waals surface area contributed by atoms with Gasteiger partial charge in [-0.05, 0) is 36.8 Å². The molecule has 1 aliphatic carbocycles. The smallest absolute Gasteiger partial charge is 0.246 e. The maximum Gasteiger partial charge on any atom is 0.246 e. The van der Waals surface area contributed by atoms with E-state index in [0.717, 1.165) is 30.2 Å². The van der Waals surface area contributed by atoms with Crippen molar-refractivity contribution in [2.24, 2.45) is 0 Å². The van der Waals surface area contributed by atoms with Crippen LogP contribution < -0.4 is 15.4 Å². The third-order valence-corrected chi connectivity index (χ3v) is 4.72. The number of carbonyl (C=O) groups is 1. The Labute approximate surface area is 175 Å². The van der Waals surface area contributed by atoms with Crippen molar-refractivity contribution < 1.29 is 21.2 Å². The van der Waals surface area contributed by atoms with E-state index in [9.17, 15) is 13.6 Å². The largest absolute Gasteiger partial charge is 0.490 e. The van der Waals surface area contributed by atoms with Crippen LogP contribution in [0.15, 0.2) is 42.7 Å². The summed E-state index contributed by atoms with van der Waals surface area (Å²) >= 11 is 0. The molecule has 0 radical (unpaired) electrons. The first-order valence-corrected chi connectivity index (χ1v) is 9.54. The molecule has 2 N–H and O–H groups in total. The van der Waals surface area contributed by atoms with E-state index in [1.165, 1.54) is 30.1 Å². The highest BCUT2D eigenvalue weighted by Crippen LogP contribution is 2.29. The number of nitrogens with one attached hydrogen (secondary N) is 2. The van der Waals surface area contributed by atoms with Gasteiger partial charge in [-0.25, -0.2) is 13.5 Å². The second kappa shape index (κ2) is 8.10. The Morgan fingerprint density at radius 3 is 2.60 bits per heavy atom. The maximum absolute atomic E-state index is 13.4. The van der Waals surface area contributed by atoms with Gasteiger partial charge in [-0.15, -0.1) is 5.10 Å². The van der Waals surface area contributed by atoms with Crippen molar-refractivity contribution in [2.75, 3.05) is 5.32 Å². The molecule has 160 valence electrons. The van der Waals surface area contributed by atoms with Gasteiger partial charge in [0.1, 0.15) is 29.8 Å². The summed E-state index contributed by atoms with van der Waals surface area (Å²) in [5.41, 5.74) is 1.95. The van der Waals surface area contributed by atoms with E-state index in [2.05, 4.69) is 20.7 Å². The summed E-state index contributed by atoms with van der Waals surface area (Å²) in [6.07, 6.45) is 2.97. The summed E-state index contributed by atoms with van der Waals surface area (Å²) in [6, 6.07) is 8.99. The minimum atomic E-state index is -0.688. The number of ether oxygens (including phenoxy) is 1. The molecule has 1 aromatic heterocycles.